The van der Waals surface area contributed by atoms with Crippen LogP contribution in [0.4, 0.5) is 0 Å². The predicted molar refractivity (Wildman–Crippen MR) is 66.1 cm³/mol. The number of carbonyl (C=O) groups excluding carboxylic acids is 2. The van der Waals surface area contributed by atoms with E-state index in [0.29, 0.717) is 0 Å². The average Bonchev–Trinajstić information content (AvgIpc) is 2.31. The van der Waals surface area contributed by atoms with Gasteiger partial charge in [0.2, 0.25) is 11.8 Å². The third-order valence-electron chi connectivity index (χ3n) is 2.05. The van der Waals surface area contributed by atoms with Gasteiger partial charge in [-0.2, -0.15) is 12.6 Å². The summed E-state index contributed by atoms with van der Waals surface area (Å²) < 4.78 is 0. The first kappa shape index (κ1) is 16.7. The quantitative estimate of drug-likeness (QED) is 0.280. The fourth-order valence-corrected chi connectivity index (χ4v) is 1.22. The van der Waals surface area contributed by atoms with E-state index in [1.165, 1.54) is 6.92 Å². The van der Waals surface area contributed by atoms with Gasteiger partial charge in [0.05, 0.1) is 6.10 Å². The van der Waals surface area contributed by atoms with Crippen LogP contribution < -0.4 is 16.4 Å². The van der Waals surface area contributed by atoms with E-state index in [1.807, 2.05) is 0 Å². The van der Waals surface area contributed by atoms with E-state index in [0.717, 1.165) is 0 Å². The largest absolute Gasteiger partial charge is 0.480 e. The average molecular weight is 279 g/mol. The third kappa shape index (κ3) is 5.84. The van der Waals surface area contributed by atoms with E-state index in [2.05, 4.69) is 23.3 Å². The number of aliphatic carboxylic acids is 1. The number of thiol groups is 1. The first-order valence-corrected chi connectivity index (χ1v) is 5.77. The van der Waals surface area contributed by atoms with Crippen LogP contribution in [-0.4, -0.2) is 58.5 Å². The van der Waals surface area contributed by atoms with Crippen LogP contribution in [0.25, 0.3) is 0 Å². The first-order chi connectivity index (χ1) is 8.29. The second kappa shape index (κ2) is 7.90. The van der Waals surface area contributed by atoms with Crippen LogP contribution in [0, 0.1) is 0 Å². The minimum atomic E-state index is -1.20. The van der Waals surface area contributed by atoms with E-state index >= 15 is 0 Å². The highest BCUT2D eigenvalue weighted by Crippen LogP contribution is 1.93. The van der Waals surface area contributed by atoms with Gasteiger partial charge in [0.25, 0.3) is 0 Å². The molecule has 18 heavy (non-hydrogen) atoms. The second-order valence-corrected chi connectivity index (χ2v) is 3.99. The zero-order valence-electron chi connectivity index (χ0n) is 9.79. The zero-order valence-corrected chi connectivity index (χ0v) is 10.7. The standard InChI is InChI=1S/C9H17N3O5S/c1-4(13)7(10)9(17)12-5(3-18)8(16)11-2-6(14)15/h4-5,7,13,18H,2-3,10H2,1H3,(H,11,16)(H,12,17)(H,14,15). The number of hydrogen-bond acceptors (Lipinski definition) is 6. The van der Waals surface area contributed by atoms with Crippen molar-refractivity contribution in [2.45, 2.75) is 25.1 Å². The number of aliphatic hydroxyl groups is 1. The van der Waals surface area contributed by atoms with Gasteiger partial charge in [-0.3, -0.25) is 14.4 Å². The summed E-state index contributed by atoms with van der Waals surface area (Å²) >= 11 is 3.87. The van der Waals surface area contributed by atoms with E-state index in [-0.39, 0.29) is 5.75 Å². The molecule has 0 radical (unpaired) electrons. The van der Waals surface area contributed by atoms with Gasteiger partial charge >= 0.3 is 5.97 Å². The molecular weight excluding hydrogens is 262 g/mol. The van der Waals surface area contributed by atoms with Crippen molar-refractivity contribution in [3.8, 4) is 0 Å². The number of carboxylic acids is 1. The lowest BCUT2D eigenvalue weighted by Gasteiger charge is -2.20. The summed E-state index contributed by atoms with van der Waals surface area (Å²) in [6.45, 7) is 0.784. The van der Waals surface area contributed by atoms with E-state index in [4.69, 9.17) is 15.9 Å². The maximum absolute atomic E-state index is 11.5. The molecule has 0 fully saturated rings. The third-order valence-corrected chi connectivity index (χ3v) is 2.42. The fraction of sp³-hybridized carbons (Fsp3) is 0.667. The molecule has 0 bridgehead atoms. The summed E-state index contributed by atoms with van der Waals surface area (Å²) in [5.41, 5.74) is 5.37. The number of hydrogen-bond donors (Lipinski definition) is 6. The van der Waals surface area contributed by atoms with Crippen molar-refractivity contribution < 1.29 is 24.6 Å². The first-order valence-electron chi connectivity index (χ1n) is 5.14. The number of carbonyl (C=O) groups is 3. The molecule has 0 saturated heterocycles. The van der Waals surface area contributed by atoms with Crippen LogP contribution in [0.5, 0.6) is 0 Å². The van der Waals surface area contributed by atoms with Gasteiger partial charge in [0.15, 0.2) is 0 Å². The SMILES string of the molecule is CC(O)C(N)C(=O)NC(CS)C(=O)NCC(=O)O. The molecule has 8 nitrogen and oxygen atoms in total. The number of nitrogens with one attached hydrogen (secondary N) is 2. The summed E-state index contributed by atoms with van der Waals surface area (Å²) in [6.07, 6.45) is -1.06. The van der Waals surface area contributed by atoms with Gasteiger partial charge in [-0.15, -0.1) is 0 Å². The van der Waals surface area contributed by atoms with E-state index in [9.17, 15) is 14.4 Å². The molecule has 0 saturated carbocycles. The molecule has 0 aliphatic heterocycles. The Morgan fingerprint density at radius 1 is 1.33 bits per heavy atom. The molecule has 0 aromatic rings. The van der Waals surface area contributed by atoms with Crippen LogP contribution in [-0.2, 0) is 14.4 Å². The second-order valence-electron chi connectivity index (χ2n) is 3.62. The molecule has 104 valence electrons. The Morgan fingerprint density at radius 2 is 1.89 bits per heavy atom. The number of rotatable bonds is 7. The summed E-state index contributed by atoms with van der Waals surface area (Å²) in [5.74, 6) is -2.62. The van der Waals surface area contributed by atoms with Gasteiger partial charge in [0, 0.05) is 5.75 Å². The van der Waals surface area contributed by atoms with Crippen molar-refractivity contribution in [2.24, 2.45) is 5.73 Å². The molecule has 0 aliphatic carbocycles. The Hall–Kier alpha value is -1.32. The molecule has 0 spiro atoms. The molecule has 0 aromatic heterocycles. The normalized spacial score (nSPS) is 15.3. The predicted octanol–water partition coefficient (Wildman–Crippen LogP) is -2.69. The van der Waals surface area contributed by atoms with Crippen molar-refractivity contribution in [1.82, 2.24) is 10.6 Å². The van der Waals surface area contributed by atoms with E-state index in [1.54, 1.807) is 0 Å². The van der Waals surface area contributed by atoms with Gasteiger partial charge in [-0.25, -0.2) is 0 Å². The lowest BCUT2D eigenvalue weighted by Crippen LogP contribution is -2.55. The summed E-state index contributed by atoms with van der Waals surface area (Å²) in [5, 5.41) is 21.9. The molecule has 0 aromatic carbocycles. The van der Waals surface area contributed by atoms with Crippen molar-refractivity contribution in [2.75, 3.05) is 12.3 Å². The molecule has 3 unspecified atom stereocenters. The summed E-state index contributed by atoms with van der Waals surface area (Å²) in [4.78, 5) is 33.2. The monoisotopic (exact) mass is 279 g/mol. The number of amides is 2. The summed E-state index contributed by atoms with van der Waals surface area (Å²) in [6, 6.07) is -2.18. The smallest absolute Gasteiger partial charge is 0.322 e. The maximum Gasteiger partial charge on any atom is 0.322 e. The van der Waals surface area contributed by atoms with Crippen LogP contribution in [0.2, 0.25) is 0 Å². The highest BCUT2D eigenvalue weighted by molar-refractivity contribution is 7.80. The Balaban J connectivity index is 4.37. The van der Waals surface area contributed by atoms with Crippen molar-refractivity contribution in [1.29, 1.82) is 0 Å². The van der Waals surface area contributed by atoms with Crippen LogP contribution in [0.1, 0.15) is 6.92 Å². The minimum Gasteiger partial charge on any atom is -0.480 e. The van der Waals surface area contributed by atoms with Crippen molar-refractivity contribution in [3.05, 3.63) is 0 Å². The number of carboxylic acid groups (broad SMARTS) is 1. The topological polar surface area (TPSA) is 142 Å². The fourth-order valence-electron chi connectivity index (χ4n) is 0.967. The van der Waals surface area contributed by atoms with Crippen molar-refractivity contribution >= 4 is 30.4 Å². The molecule has 2 amide bonds. The van der Waals surface area contributed by atoms with Gasteiger partial charge in [0.1, 0.15) is 18.6 Å². The van der Waals surface area contributed by atoms with Crippen molar-refractivity contribution in [3.63, 3.8) is 0 Å². The van der Waals surface area contributed by atoms with Gasteiger partial charge < -0.3 is 26.6 Å². The van der Waals surface area contributed by atoms with Crippen LogP contribution in [0.3, 0.4) is 0 Å². The molecule has 6 N–H and O–H groups in total. The number of nitrogens with two attached hydrogens (primary N) is 1. The van der Waals surface area contributed by atoms with Gasteiger partial charge in [-0.1, -0.05) is 0 Å². The lowest BCUT2D eigenvalue weighted by atomic mass is 10.1. The Morgan fingerprint density at radius 3 is 2.28 bits per heavy atom. The zero-order chi connectivity index (χ0) is 14.3. The minimum absolute atomic E-state index is 0.0241. The van der Waals surface area contributed by atoms with E-state index < -0.39 is 42.5 Å². The lowest BCUT2D eigenvalue weighted by molar-refractivity contribution is -0.138. The Bertz CT molecular complexity index is 323. The molecule has 3 atom stereocenters. The molecule has 0 heterocycles. The molecule has 0 rings (SSSR count). The summed E-state index contributed by atoms with van der Waals surface area (Å²) in [7, 11) is 0. The van der Waals surface area contributed by atoms with Gasteiger partial charge in [-0.05, 0) is 6.92 Å². The molecular formula is C9H17N3O5S. The van der Waals surface area contributed by atoms with Crippen LogP contribution >= 0.6 is 12.6 Å². The Labute approximate surface area is 109 Å². The highest BCUT2D eigenvalue weighted by Gasteiger charge is 2.25. The molecule has 0 aliphatic rings. The van der Waals surface area contributed by atoms with Crippen LogP contribution in [0.15, 0.2) is 0 Å². The Kier molecular flexibility index (Phi) is 7.32. The maximum atomic E-state index is 11.5. The number of aliphatic hydroxyl groups excluding tert-OH is 1. The highest BCUT2D eigenvalue weighted by atomic mass is 32.1. The molecule has 9 heteroatoms.